The number of nitrogens with zero attached hydrogens (tertiary/aromatic N) is 3. The third-order valence-corrected chi connectivity index (χ3v) is 16.2. The lowest BCUT2D eigenvalue weighted by atomic mass is 10.1. The maximum Gasteiger partial charge on any atom is 0.174 e. The molecule has 6 aromatic rings. The first-order chi connectivity index (χ1) is 27.3. The summed E-state index contributed by atoms with van der Waals surface area (Å²) in [6.07, 6.45) is 16.8. The van der Waals surface area contributed by atoms with Crippen LogP contribution in [-0.2, 0) is 0 Å². The van der Waals surface area contributed by atoms with Gasteiger partial charge >= 0.3 is 0 Å². The largest absolute Gasteiger partial charge is 0.317 e. The van der Waals surface area contributed by atoms with Gasteiger partial charge in [-0.05, 0) is 125 Å². The van der Waals surface area contributed by atoms with Gasteiger partial charge in [-0.1, -0.05) is 120 Å². The summed E-state index contributed by atoms with van der Waals surface area (Å²) in [4.78, 5) is 4.81. The minimum absolute atomic E-state index is 0.863. The van der Waals surface area contributed by atoms with E-state index in [2.05, 4.69) is 233 Å². The Balaban J connectivity index is 1.60. The summed E-state index contributed by atoms with van der Waals surface area (Å²) in [7, 11) is -2.94. The molecule has 56 heavy (non-hydrogen) atoms. The first-order valence-corrected chi connectivity index (χ1v) is 21.8. The molecule has 2 heterocycles. The highest BCUT2D eigenvalue weighted by Crippen LogP contribution is 2.44. The van der Waals surface area contributed by atoms with Crippen molar-refractivity contribution in [1.82, 2.24) is 4.57 Å². The number of hydrogen-bond donors (Lipinski definition) is 0. The SMILES string of the molecule is C=C(CC)[Si]1(C(C)=CC=CC)C(C=C(C)N(C(C=CC)=C(C)C)c2ccccc2)=CN(c2ccccc2)c2ccc(-n3c4ccccc4c4ccccc43)cc21. The van der Waals surface area contributed by atoms with E-state index in [0.29, 0.717) is 0 Å². The molecule has 5 aromatic carbocycles. The smallest absolute Gasteiger partial charge is 0.174 e. The highest BCUT2D eigenvalue weighted by atomic mass is 28.3. The molecular weight excluding hydrogens is 695 g/mol. The van der Waals surface area contributed by atoms with E-state index in [-0.39, 0.29) is 0 Å². The van der Waals surface area contributed by atoms with Gasteiger partial charge in [0, 0.05) is 51.1 Å². The molecule has 0 fully saturated rings. The van der Waals surface area contributed by atoms with Gasteiger partial charge in [0.2, 0.25) is 0 Å². The normalized spacial score (nSPS) is 16.1. The summed E-state index contributed by atoms with van der Waals surface area (Å²) in [6, 6.07) is 46.2. The Morgan fingerprint density at radius 2 is 1.32 bits per heavy atom. The van der Waals surface area contributed by atoms with E-state index in [9.17, 15) is 0 Å². The van der Waals surface area contributed by atoms with Gasteiger partial charge in [-0.2, -0.15) is 0 Å². The van der Waals surface area contributed by atoms with Crippen LogP contribution in [0, 0.1) is 0 Å². The Morgan fingerprint density at radius 1 is 0.714 bits per heavy atom. The summed E-state index contributed by atoms with van der Waals surface area (Å²) in [5, 5.41) is 7.79. The maximum absolute atomic E-state index is 5.01. The third-order valence-electron chi connectivity index (χ3n) is 11.1. The molecule has 4 heteroatoms. The second kappa shape index (κ2) is 16.3. The lowest BCUT2D eigenvalue weighted by Crippen LogP contribution is -2.57. The second-order valence-corrected chi connectivity index (χ2v) is 18.9. The number of hydrogen-bond acceptors (Lipinski definition) is 2. The van der Waals surface area contributed by atoms with Crippen molar-refractivity contribution in [2.24, 2.45) is 0 Å². The fraction of sp³-hybridized carbons (Fsp3) is 0.154. The number of fused-ring (bicyclic) bond motifs is 4. The minimum atomic E-state index is -2.94. The molecule has 3 nitrogen and oxygen atoms in total. The lowest BCUT2D eigenvalue weighted by molar-refractivity contribution is 1.06. The number of allylic oxidation sites excluding steroid dienone is 11. The molecule has 0 amide bonds. The fourth-order valence-electron chi connectivity index (χ4n) is 8.55. The predicted molar refractivity (Wildman–Crippen MR) is 247 cm³/mol. The standard InChI is InChI=1S/C52H53N3Si/c1-9-12-24-41(8)56(40(7)11-3)45(35-39(6)54(43-27-17-14-18-28-43)48(23-10-2)38(4)5)37-53(42-25-15-13-16-26-42)51-34-33-44(36-52(51)56)55-49-31-21-19-29-46(49)47-30-20-22-32-50(47)55/h9-10,12-37H,7,11H2,1-6,8H3. The van der Waals surface area contributed by atoms with Crippen LogP contribution in [0.2, 0.25) is 0 Å². The minimum Gasteiger partial charge on any atom is -0.317 e. The molecule has 0 bridgehead atoms. The molecule has 1 unspecified atom stereocenters. The van der Waals surface area contributed by atoms with Crippen molar-refractivity contribution in [3.63, 3.8) is 0 Å². The van der Waals surface area contributed by atoms with Gasteiger partial charge in [0.15, 0.2) is 8.07 Å². The zero-order valence-electron chi connectivity index (χ0n) is 33.9. The number of benzene rings is 5. The van der Waals surface area contributed by atoms with E-state index >= 15 is 0 Å². The Kier molecular flexibility index (Phi) is 11.1. The van der Waals surface area contributed by atoms with Crippen molar-refractivity contribution in [2.75, 3.05) is 9.80 Å². The van der Waals surface area contributed by atoms with Crippen LogP contribution < -0.4 is 15.0 Å². The van der Waals surface area contributed by atoms with Gasteiger partial charge in [0.25, 0.3) is 0 Å². The predicted octanol–water partition coefficient (Wildman–Crippen LogP) is 13.9. The summed E-state index contributed by atoms with van der Waals surface area (Å²) in [6.45, 7) is 20.5. The van der Waals surface area contributed by atoms with Crippen molar-refractivity contribution < 1.29 is 0 Å². The van der Waals surface area contributed by atoms with Gasteiger partial charge < -0.3 is 14.4 Å². The van der Waals surface area contributed by atoms with Gasteiger partial charge in [-0.3, -0.25) is 0 Å². The maximum atomic E-state index is 5.01. The van der Waals surface area contributed by atoms with Gasteiger partial charge in [-0.25, -0.2) is 0 Å². The molecule has 7 rings (SSSR count). The average molecular weight is 748 g/mol. The first kappa shape index (κ1) is 38.2. The highest BCUT2D eigenvalue weighted by Gasteiger charge is 2.47. The van der Waals surface area contributed by atoms with Gasteiger partial charge in [0.1, 0.15) is 0 Å². The van der Waals surface area contributed by atoms with Crippen LogP contribution in [0.1, 0.15) is 54.9 Å². The third kappa shape index (κ3) is 6.65. The first-order valence-electron chi connectivity index (χ1n) is 19.8. The molecular formula is C52H53N3Si. The number of para-hydroxylation sites is 4. The van der Waals surface area contributed by atoms with Crippen LogP contribution in [0.25, 0.3) is 27.5 Å². The van der Waals surface area contributed by atoms with Crippen molar-refractivity contribution >= 4 is 52.1 Å². The van der Waals surface area contributed by atoms with E-state index in [1.807, 2.05) is 0 Å². The van der Waals surface area contributed by atoms with Crippen molar-refractivity contribution in [3.8, 4) is 5.69 Å². The fourth-order valence-corrected chi connectivity index (χ4v) is 13.7. The number of rotatable bonds is 11. The quantitative estimate of drug-likeness (QED) is 0.0966. The average Bonchev–Trinajstić information content (AvgIpc) is 3.57. The zero-order valence-corrected chi connectivity index (χ0v) is 34.9. The molecule has 1 aliphatic heterocycles. The van der Waals surface area contributed by atoms with Crippen LogP contribution >= 0.6 is 0 Å². The molecule has 0 aliphatic carbocycles. The van der Waals surface area contributed by atoms with Crippen LogP contribution in [0.5, 0.6) is 0 Å². The molecule has 0 saturated carbocycles. The molecule has 0 spiro atoms. The molecule has 0 N–H and O–H groups in total. The number of anilines is 3. The van der Waals surface area contributed by atoms with E-state index in [0.717, 1.165) is 29.2 Å². The Morgan fingerprint density at radius 3 is 1.91 bits per heavy atom. The van der Waals surface area contributed by atoms with Crippen molar-refractivity contribution in [3.05, 3.63) is 209 Å². The Bertz CT molecular complexity index is 2540. The summed E-state index contributed by atoms with van der Waals surface area (Å²) in [5.74, 6) is 0. The molecule has 0 radical (unpaired) electrons. The summed E-state index contributed by atoms with van der Waals surface area (Å²) >= 11 is 0. The molecule has 1 aromatic heterocycles. The van der Waals surface area contributed by atoms with Gasteiger partial charge in [-0.15, -0.1) is 6.58 Å². The van der Waals surface area contributed by atoms with Crippen LogP contribution in [0.4, 0.5) is 17.1 Å². The number of aromatic nitrogens is 1. The van der Waals surface area contributed by atoms with Crippen molar-refractivity contribution in [2.45, 2.75) is 54.9 Å². The van der Waals surface area contributed by atoms with E-state index in [1.54, 1.807) is 0 Å². The Labute approximate surface area is 334 Å². The van der Waals surface area contributed by atoms with Crippen LogP contribution in [-0.4, -0.2) is 12.6 Å². The highest BCUT2D eigenvalue weighted by molar-refractivity contribution is 7.09. The van der Waals surface area contributed by atoms with Crippen LogP contribution in [0.3, 0.4) is 0 Å². The second-order valence-electron chi connectivity index (χ2n) is 14.8. The van der Waals surface area contributed by atoms with E-state index < -0.39 is 8.07 Å². The van der Waals surface area contributed by atoms with Gasteiger partial charge in [0.05, 0.1) is 11.0 Å². The lowest BCUT2D eigenvalue weighted by Gasteiger charge is -2.44. The molecule has 280 valence electrons. The molecule has 1 atom stereocenters. The van der Waals surface area contributed by atoms with E-state index in [4.69, 9.17) is 6.58 Å². The molecule has 1 aliphatic rings. The van der Waals surface area contributed by atoms with E-state index in [1.165, 1.54) is 59.5 Å². The monoisotopic (exact) mass is 747 g/mol. The van der Waals surface area contributed by atoms with Crippen LogP contribution in [0.15, 0.2) is 209 Å². The van der Waals surface area contributed by atoms with Crippen molar-refractivity contribution in [1.29, 1.82) is 0 Å². The summed E-state index contributed by atoms with van der Waals surface area (Å²) in [5.41, 5.74) is 10.6. The summed E-state index contributed by atoms with van der Waals surface area (Å²) < 4.78 is 2.45. The zero-order chi connectivity index (χ0) is 39.4. The molecule has 0 saturated heterocycles. The Hall–Kier alpha value is -6.10. The topological polar surface area (TPSA) is 11.4 Å².